The van der Waals surface area contributed by atoms with Crippen LogP contribution in [0.2, 0.25) is 0 Å². The van der Waals surface area contributed by atoms with Crippen molar-refractivity contribution in [2.24, 2.45) is 0 Å². The van der Waals surface area contributed by atoms with E-state index < -0.39 is 0 Å². The van der Waals surface area contributed by atoms with Gasteiger partial charge in [-0.2, -0.15) is 5.10 Å². The number of amides is 1. The van der Waals surface area contributed by atoms with Gasteiger partial charge in [-0.05, 0) is 61.1 Å². The molecule has 1 amide bonds. The Morgan fingerprint density at radius 1 is 1.41 bits per heavy atom. The highest BCUT2D eigenvalue weighted by Crippen LogP contribution is 2.43. The first-order chi connectivity index (χ1) is 10.7. The van der Waals surface area contributed by atoms with Crippen LogP contribution in [0.5, 0.6) is 0 Å². The molecule has 1 aliphatic carbocycles. The van der Waals surface area contributed by atoms with Crippen LogP contribution in [0, 0.1) is 6.92 Å². The van der Waals surface area contributed by atoms with Gasteiger partial charge in [0.1, 0.15) is 0 Å². The molecule has 0 aromatic carbocycles. The largest absolute Gasteiger partial charge is 0.333 e. The molecule has 5 heteroatoms. The fourth-order valence-corrected chi connectivity index (χ4v) is 4.35. The van der Waals surface area contributed by atoms with Crippen LogP contribution in [-0.4, -0.2) is 33.2 Å². The number of aryl methyl sites for hydroxylation is 1. The Bertz CT molecular complexity index is 686. The summed E-state index contributed by atoms with van der Waals surface area (Å²) >= 11 is 1.61. The maximum absolute atomic E-state index is 13.0. The van der Waals surface area contributed by atoms with Crippen LogP contribution in [0.15, 0.2) is 23.8 Å². The summed E-state index contributed by atoms with van der Waals surface area (Å²) in [5.74, 6) is 0.878. The van der Waals surface area contributed by atoms with Crippen molar-refractivity contribution in [1.29, 1.82) is 0 Å². The fourth-order valence-electron chi connectivity index (χ4n) is 3.41. The van der Waals surface area contributed by atoms with Crippen molar-refractivity contribution >= 4 is 17.2 Å². The van der Waals surface area contributed by atoms with Gasteiger partial charge in [0.25, 0.3) is 5.91 Å². The van der Waals surface area contributed by atoms with Crippen LogP contribution >= 0.6 is 11.3 Å². The molecule has 116 valence electrons. The van der Waals surface area contributed by atoms with E-state index in [2.05, 4.69) is 34.6 Å². The van der Waals surface area contributed by atoms with Crippen LogP contribution in [0.25, 0.3) is 0 Å². The second-order valence-corrected chi connectivity index (χ2v) is 7.43. The zero-order valence-corrected chi connectivity index (χ0v) is 13.7. The van der Waals surface area contributed by atoms with E-state index in [1.807, 2.05) is 10.9 Å². The molecule has 0 spiro atoms. The van der Waals surface area contributed by atoms with Gasteiger partial charge in [0.2, 0.25) is 0 Å². The summed E-state index contributed by atoms with van der Waals surface area (Å²) < 4.78 is 1.97. The van der Waals surface area contributed by atoms with Gasteiger partial charge in [0.05, 0.1) is 23.7 Å². The van der Waals surface area contributed by atoms with Crippen molar-refractivity contribution < 1.29 is 4.79 Å². The highest BCUT2D eigenvalue weighted by molar-refractivity contribution is 7.12. The zero-order chi connectivity index (χ0) is 15.1. The number of aromatic nitrogens is 2. The summed E-state index contributed by atoms with van der Waals surface area (Å²) in [6, 6.07) is 2.43. The number of carbonyl (C=O) groups excluding carboxylic acids is 1. The predicted octanol–water partition coefficient (Wildman–Crippen LogP) is 3.44. The molecule has 2 aliphatic rings. The molecule has 1 atom stereocenters. The number of rotatable bonds is 4. The maximum Gasteiger partial charge on any atom is 0.264 e. The molecule has 4 nitrogen and oxygen atoms in total. The lowest BCUT2D eigenvalue weighted by Gasteiger charge is -2.24. The van der Waals surface area contributed by atoms with Gasteiger partial charge in [-0.1, -0.05) is 0 Å². The molecular formula is C17H21N3OS. The zero-order valence-electron chi connectivity index (χ0n) is 12.9. The number of hydrogen-bond donors (Lipinski definition) is 0. The van der Waals surface area contributed by atoms with E-state index in [9.17, 15) is 4.79 Å². The SMILES string of the molecule is Cc1cnn(CC2CCCN2C(=O)c2sccc2C2CC2)c1. The Hall–Kier alpha value is -1.62. The number of hydrogen-bond acceptors (Lipinski definition) is 3. The normalized spacial score (nSPS) is 21.5. The second kappa shape index (κ2) is 5.54. The monoisotopic (exact) mass is 315 g/mol. The molecule has 0 bridgehead atoms. The third-order valence-electron chi connectivity index (χ3n) is 4.71. The molecule has 1 saturated heterocycles. The Kier molecular flexibility index (Phi) is 3.53. The molecular weight excluding hydrogens is 294 g/mol. The number of thiophene rings is 1. The summed E-state index contributed by atoms with van der Waals surface area (Å²) in [4.78, 5) is 16.0. The molecule has 1 aliphatic heterocycles. The lowest BCUT2D eigenvalue weighted by molar-refractivity contribution is 0.0725. The maximum atomic E-state index is 13.0. The molecule has 0 radical (unpaired) electrons. The van der Waals surface area contributed by atoms with Crippen molar-refractivity contribution in [3.63, 3.8) is 0 Å². The van der Waals surface area contributed by atoms with Crippen LogP contribution < -0.4 is 0 Å². The number of likely N-dealkylation sites (tertiary alicyclic amines) is 1. The Balaban J connectivity index is 1.52. The molecule has 1 saturated carbocycles. The van der Waals surface area contributed by atoms with Gasteiger partial charge in [-0.3, -0.25) is 9.48 Å². The first kappa shape index (κ1) is 14.0. The second-order valence-electron chi connectivity index (χ2n) is 6.51. The Labute approximate surface area is 134 Å². The predicted molar refractivity (Wildman–Crippen MR) is 87.3 cm³/mol. The standard InChI is InChI=1S/C17H21N3OS/c1-12-9-18-19(10-12)11-14-3-2-7-20(14)17(21)16-15(6-8-22-16)13-4-5-13/h6,8-10,13-14H,2-5,7,11H2,1H3. The topological polar surface area (TPSA) is 38.1 Å². The van der Waals surface area contributed by atoms with Crippen molar-refractivity contribution in [2.45, 2.75) is 51.1 Å². The summed E-state index contributed by atoms with van der Waals surface area (Å²) in [7, 11) is 0. The highest BCUT2D eigenvalue weighted by Gasteiger charge is 2.34. The molecule has 3 heterocycles. The first-order valence-corrected chi connectivity index (χ1v) is 8.98. The lowest BCUT2D eigenvalue weighted by atomic mass is 10.1. The molecule has 1 unspecified atom stereocenters. The third-order valence-corrected chi connectivity index (χ3v) is 5.62. The minimum absolute atomic E-state index is 0.239. The molecule has 0 N–H and O–H groups in total. The highest BCUT2D eigenvalue weighted by atomic mass is 32.1. The van der Waals surface area contributed by atoms with Gasteiger partial charge >= 0.3 is 0 Å². The summed E-state index contributed by atoms with van der Waals surface area (Å²) in [5.41, 5.74) is 2.46. The minimum atomic E-state index is 0.239. The van der Waals surface area contributed by atoms with Crippen LogP contribution in [-0.2, 0) is 6.54 Å². The van der Waals surface area contributed by atoms with Gasteiger partial charge in [0, 0.05) is 12.7 Å². The van der Waals surface area contributed by atoms with E-state index in [1.165, 1.54) is 24.0 Å². The molecule has 2 aromatic heterocycles. The molecule has 2 aromatic rings. The average molecular weight is 315 g/mol. The summed E-state index contributed by atoms with van der Waals surface area (Å²) in [6.07, 6.45) is 8.60. The van der Waals surface area contributed by atoms with Crippen molar-refractivity contribution in [1.82, 2.24) is 14.7 Å². The van der Waals surface area contributed by atoms with Gasteiger partial charge < -0.3 is 4.90 Å². The Morgan fingerprint density at radius 2 is 2.27 bits per heavy atom. The van der Waals surface area contributed by atoms with Gasteiger partial charge in [0.15, 0.2) is 0 Å². The fraction of sp³-hybridized carbons (Fsp3) is 0.529. The van der Waals surface area contributed by atoms with Gasteiger partial charge in [-0.25, -0.2) is 0 Å². The molecule has 22 heavy (non-hydrogen) atoms. The lowest BCUT2D eigenvalue weighted by Crippen LogP contribution is -2.38. The Morgan fingerprint density at radius 3 is 3.00 bits per heavy atom. The van der Waals surface area contributed by atoms with E-state index in [0.29, 0.717) is 5.92 Å². The van der Waals surface area contributed by atoms with E-state index >= 15 is 0 Å². The van der Waals surface area contributed by atoms with Crippen molar-refractivity contribution in [3.05, 3.63) is 39.8 Å². The van der Waals surface area contributed by atoms with Crippen LogP contribution in [0.4, 0.5) is 0 Å². The summed E-state index contributed by atoms with van der Waals surface area (Å²) in [6.45, 7) is 3.74. The number of nitrogens with zero attached hydrogens (tertiary/aromatic N) is 3. The van der Waals surface area contributed by atoms with Crippen LogP contribution in [0.3, 0.4) is 0 Å². The first-order valence-electron chi connectivity index (χ1n) is 8.10. The third kappa shape index (κ3) is 2.58. The van der Waals surface area contributed by atoms with Crippen molar-refractivity contribution in [2.75, 3.05) is 6.54 Å². The number of carbonyl (C=O) groups is 1. The minimum Gasteiger partial charge on any atom is -0.333 e. The van der Waals surface area contributed by atoms with E-state index in [0.717, 1.165) is 30.8 Å². The molecule has 2 fully saturated rings. The van der Waals surface area contributed by atoms with Crippen molar-refractivity contribution in [3.8, 4) is 0 Å². The quantitative estimate of drug-likeness (QED) is 0.867. The smallest absolute Gasteiger partial charge is 0.264 e. The van der Waals surface area contributed by atoms with Crippen LogP contribution in [0.1, 0.15) is 52.4 Å². The molecule has 4 rings (SSSR count). The van der Waals surface area contributed by atoms with E-state index in [1.54, 1.807) is 11.3 Å². The average Bonchev–Trinajstić information content (AvgIpc) is 2.92. The summed E-state index contributed by atoms with van der Waals surface area (Å²) in [5, 5.41) is 6.45. The van der Waals surface area contributed by atoms with E-state index in [-0.39, 0.29) is 11.9 Å². The van der Waals surface area contributed by atoms with Gasteiger partial charge in [-0.15, -0.1) is 11.3 Å². The van der Waals surface area contributed by atoms with E-state index in [4.69, 9.17) is 0 Å².